The van der Waals surface area contributed by atoms with Crippen molar-refractivity contribution in [3.8, 4) is 5.75 Å². The molecule has 0 aliphatic rings. The molecule has 7 nitrogen and oxygen atoms in total. The zero-order valence-corrected chi connectivity index (χ0v) is 12.6. The van der Waals surface area contributed by atoms with Crippen molar-refractivity contribution >= 4 is 17.8 Å². The summed E-state index contributed by atoms with van der Waals surface area (Å²) < 4.78 is 5.27. The number of aliphatic carboxylic acids is 1. The molecule has 22 heavy (non-hydrogen) atoms. The van der Waals surface area contributed by atoms with E-state index in [1.807, 2.05) is 6.92 Å². The molecule has 7 heteroatoms. The van der Waals surface area contributed by atoms with E-state index in [2.05, 4.69) is 10.6 Å². The van der Waals surface area contributed by atoms with Crippen LogP contribution in [0.4, 0.5) is 0 Å². The Kier molecular flexibility index (Phi) is 6.88. The zero-order valence-electron chi connectivity index (χ0n) is 12.6. The second-order valence-corrected chi connectivity index (χ2v) is 4.68. The fourth-order valence-electron chi connectivity index (χ4n) is 1.55. The molecule has 3 N–H and O–H groups in total. The van der Waals surface area contributed by atoms with Crippen molar-refractivity contribution in [1.82, 2.24) is 10.6 Å². The van der Waals surface area contributed by atoms with Gasteiger partial charge in [-0.25, -0.2) is 0 Å². The SMILES string of the molecule is CCOc1ccc(C(=O)NCC(=O)NCC(C)C(=O)O)cc1. The molecule has 2 amide bonds. The smallest absolute Gasteiger partial charge is 0.308 e. The summed E-state index contributed by atoms with van der Waals surface area (Å²) in [4.78, 5) is 34.0. The summed E-state index contributed by atoms with van der Waals surface area (Å²) in [6.07, 6.45) is 0. The Hall–Kier alpha value is -2.57. The van der Waals surface area contributed by atoms with Crippen LogP contribution in [-0.4, -0.2) is 42.6 Å². The number of carbonyl (C=O) groups excluding carboxylic acids is 2. The highest BCUT2D eigenvalue weighted by Gasteiger charge is 2.13. The summed E-state index contributed by atoms with van der Waals surface area (Å²) in [7, 11) is 0. The fraction of sp³-hybridized carbons (Fsp3) is 0.400. The van der Waals surface area contributed by atoms with Crippen molar-refractivity contribution in [1.29, 1.82) is 0 Å². The summed E-state index contributed by atoms with van der Waals surface area (Å²) in [6.45, 7) is 3.71. The van der Waals surface area contributed by atoms with Crippen LogP contribution in [0, 0.1) is 5.92 Å². The van der Waals surface area contributed by atoms with E-state index < -0.39 is 17.8 Å². The topological polar surface area (TPSA) is 105 Å². The monoisotopic (exact) mass is 308 g/mol. The van der Waals surface area contributed by atoms with Crippen molar-refractivity contribution in [3.63, 3.8) is 0 Å². The maximum absolute atomic E-state index is 11.8. The molecule has 0 aliphatic heterocycles. The van der Waals surface area contributed by atoms with E-state index in [1.54, 1.807) is 24.3 Å². The van der Waals surface area contributed by atoms with Gasteiger partial charge in [0, 0.05) is 12.1 Å². The van der Waals surface area contributed by atoms with Gasteiger partial charge >= 0.3 is 5.97 Å². The maximum atomic E-state index is 11.8. The Morgan fingerprint density at radius 3 is 2.36 bits per heavy atom. The highest BCUT2D eigenvalue weighted by atomic mass is 16.5. The molecule has 1 atom stereocenters. The van der Waals surface area contributed by atoms with Crippen molar-refractivity contribution in [2.24, 2.45) is 5.92 Å². The minimum Gasteiger partial charge on any atom is -0.494 e. The third-order valence-corrected chi connectivity index (χ3v) is 2.86. The van der Waals surface area contributed by atoms with Gasteiger partial charge in [-0.3, -0.25) is 14.4 Å². The summed E-state index contributed by atoms with van der Waals surface area (Å²) in [5.74, 6) is -1.82. The molecule has 120 valence electrons. The van der Waals surface area contributed by atoms with E-state index in [4.69, 9.17) is 9.84 Å². The van der Waals surface area contributed by atoms with Gasteiger partial charge < -0.3 is 20.5 Å². The van der Waals surface area contributed by atoms with Gasteiger partial charge in [0.25, 0.3) is 5.91 Å². The summed E-state index contributed by atoms with van der Waals surface area (Å²) in [6, 6.07) is 6.55. The van der Waals surface area contributed by atoms with Crippen molar-refractivity contribution in [3.05, 3.63) is 29.8 Å². The van der Waals surface area contributed by atoms with Gasteiger partial charge in [0.1, 0.15) is 5.75 Å². The lowest BCUT2D eigenvalue weighted by atomic mass is 10.2. The molecular weight excluding hydrogens is 288 g/mol. The van der Waals surface area contributed by atoms with Crippen LogP contribution in [0.2, 0.25) is 0 Å². The fourth-order valence-corrected chi connectivity index (χ4v) is 1.55. The summed E-state index contributed by atoms with van der Waals surface area (Å²) in [5, 5.41) is 13.6. The first-order valence-corrected chi connectivity index (χ1v) is 6.94. The maximum Gasteiger partial charge on any atom is 0.308 e. The number of amides is 2. The number of hydrogen-bond donors (Lipinski definition) is 3. The summed E-state index contributed by atoms with van der Waals surface area (Å²) in [5.41, 5.74) is 0.412. The average Bonchev–Trinajstić information content (AvgIpc) is 2.51. The zero-order chi connectivity index (χ0) is 16.5. The third kappa shape index (κ3) is 5.82. The van der Waals surface area contributed by atoms with E-state index in [0.29, 0.717) is 17.9 Å². The van der Waals surface area contributed by atoms with Gasteiger partial charge in [0.15, 0.2) is 0 Å². The van der Waals surface area contributed by atoms with Crippen LogP contribution in [0.15, 0.2) is 24.3 Å². The molecule has 0 saturated heterocycles. The molecule has 0 spiro atoms. The van der Waals surface area contributed by atoms with Crippen molar-refractivity contribution in [2.75, 3.05) is 19.7 Å². The van der Waals surface area contributed by atoms with Crippen LogP contribution in [0.3, 0.4) is 0 Å². The van der Waals surface area contributed by atoms with E-state index in [9.17, 15) is 14.4 Å². The quantitative estimate of drug-likeness (QED) is 0.654. The van der Waals surface area contributed by atoms with Crippen molar-refractivity contribution in [2.45, 2.75) is 13.8 Å². The van der Waals surface area contributed by atoms with Gasteiger partial charge in [0.2, 0.25) is 5.91 Å². The largest absolute Gasteiger partial charge is 0.494 e. The molecule has 0 aliphatic carbocycles. The van der Waals surface area contributed by atoms with E-state index in [0.717, 1.165) is 0 Å². The predicted molar refractivity (Wildman–Crippen MR) is 79.8 cm³/mol. The number of ether oxygens (including phenoxy) is 1. The molecule has 1 unspecified atom stereocenters. The number of rotatable bonds is 8. The van der Waals surface area contributed by atoms with Gasteiger partial charge in [-0.1, -0.05) is 6.92 Å². The molecule has 0 aromatic heterocycles. The van der Waals surface area contributed by atoms with Gasteiger partial charge in [-0.15, -0.1) is 0 Å². The van der Waals surface area contributed by atoms with Crippen LogP contribution in [0.5, 0.6) is 5.75 Å². The second kappa shape index (κ2) is 8.66. The number of carboxylic acid groups (broad SMARTS) is 1. The Labute approximate surface area is 128 Å². The Morgan fingerprint density at radius 1 is 1.18 bits per heavy atom. The lowest BCUT2D eigenvalue weighted by molar-refractivity contribution is -0.141. The van der Waals surface area contributed by atoms with E-state index >= 15 is 0 Å². The van der Waals surface area contributed by atoms with Crippen LogP contribution >= 0.6 is 0 Å². The molecule has 0 heterocycles. The van der Waals surface area contributed by atoms with Gasteiger partial charge in [0.05, 0.1) is 19.1 Å². The standard InChI is InChI=1S/C15H20N2O5/c1-3-22-12-6-4-11(5-7-12)14(19)17-9-13(18)16-8-10(2)15(20)21/h4-7,10H,3,8-9H2,1-2H3,(H,16,18)(H,17,19)(H,20,21). The predicted octanol–water partition coefficient (Wildman–Crippen LogP) is 0.652. The first-order valence-electron chi connectivity index (χ1n) is 6.94. The number of hydrogen-bond acceptors (Lipinski definition) is 4. The molecule has 1 aromatic carbocycles. The Morgan fingerprint density at radius 2 is 1.82 bits per heavy atom. The van der Waals surface area contributed by atoms with Gasteiger partial charge in [-0.2, -0.15) is 0 Å². The van der Waals surface area contributed by atoms with Crippen LogP contribution in [-0.2, 0) is 9.59 Å². The highest BCUT2D eigenvalue weighted by Crippen LogP contribution is 2.11. The van der Waals surface area contributed by atoms with Crippen LogP contribution in [0.1, 0.15) is 24.2 Å². The lowest BCUT2D eigenvalue weighted by Crippen LogP contribution is -2.39. The van der Waals surface area contributed by atoms with E-state index in [1.165, 1.54) is 6.92 Å². The molecule has 0 bridgehead atoms. The summed E-state index contributed by atoms with van der Waals surface area (Å²) >= 11 is 0. The first-order chi connectivity index (χ1) is 10.4. The minimum absolute atomic E-state index is 0.0209. The average molecular weight is 308 g/mol. The van der Waals surface area contributed by atoms with Crippen molar-refractivity contribution < 1.29 is 24.2 Å². The number of carbonyl (C=O) groups is 3. The normalized spacial score (nSPS) is 11.4. The highest BCUT2D eigenvalue weighted by molar-refractivity contribution is 5.96. The Bertz CT molecular complexity index is 527. The van der Waals surface area contributed by atoms with Crippen LogP contribution in [0.25, 0.3) is 0 Å². The molecule has 0 fully saturated rings. The molecule has 1 aromatic rings. The van der Waals surface area contributed by atoms with Crippen LogP contribution < -0.4 is 15.4 Å². The Balaban J connectivity index is 2.38. The second-order valence-electron chi connectivity index (χ2n) is 4.68. The molecule has 1 rings (SSSR count). The molecule has 0 radical (unpaired) electrons. The molecular formula is C15H20N2O5. The molecule has 0 saturated carbocycles. The minimum atomic E-state index is -0.987. The van der Waals surface area contributed by atoms with E-state index in [-0.39, 0.29) is 19.0 Å². The number of carboxylic acids is 1. The lowest BCUT2D eigenvalue weighted by Gasteiger charge is -2.09. The third-order valence-electron chi connectivity index (χ3n) is 2.86. The number of benzene rings is 1. The van der Waals surface area contributed by atoms with Gasteiger partial charge in [-0.05, 0) is 31.2 Å². The first kappa shape index (κ1) is 17.5. The number of nitrogens with one attached hydrogen (secondary N) is 2.